The van der Waals surface area contributed by atoms with E-state index in [2.05, 4.69) is 28.7 Å². The van der Waals surface area contributed by atoms with E-state index in [1.54, 1.807) is 0 Å². The molecule has 1 fully saturated rings. The number of rotatable bonds is 6. The molecule has 0 bridgehead atoms. The zero-order chi connectivity index (χ0) is 21.1. The highest BCUT2D eigenvalue weighted by Crippen LogP contribution is 2.41. The van der Waals surface area contributed by atoms with E-state index in [1.165, 1.54) is 16.7 Å². The highest BCUT2D eigenvalue weighted by atomic mass is 35.5. The van der Waals surface area contributed by atoms with Crippen molar-refractivity contribution >= 4 is 17.6 Å². The number of nitroso groups, excluding NO2 is 1. The minimum atomic E-state index is -1.27. The van der Waals surface area contributed by atoms with Crippen LogP contribution in [-0.4, -0.2) is 36.6 Å². The predicted octanol–water partition coefficient (Wildman–Crippen LogP) is 3.77. The first-order valence-electron chi connectivity index (χ1n) is 10.6. The fourth-order valence-corrected chi connectivity index (χ4v) is 5.34. The number of hydrogen-bond acceptors (Lipinski definition) is 5. The molecule has 0 saturated heterocycles. The number of nitrogens with zero attached hydrogens (tertiary/aromatic N) is 1. The number of alkyl halides is 1. The van der Waals surface area contributed by atoms with Crippen molar-refractivity contribution in [2.75, 3.05) is 12.5 Å². The number of primary amides is 1. The number of carbonyl (C=O) groups excluding carboxylic acids is 1. The normalized spacial score (nSPS) is 30.9. The molecule has 7 nitrogen and oxygen atoms in total. The number of halogens is 1. The highest BCUT2D eigenvalue weighted by Gasteiger charge is 2.49. The maximum Gasteiger partial charge on any atom is 0.314 e. The van der Waals surface area contributed by atoms with Gasteiger partial charge in [-0.05, 0) is 67.6 Å². The zero-order valence-electron chi connectivity index (χ0n) is 16.9. The molecule has 2 amide bonds. The molecule has 1 aromatic carbocycles. The molecule has 1 heterocycles. The molecule has 4 rings (SSSR count). The van der Waals surface area contributed by atoms with Gasteiger partial charge in [0, 0.05) is 5.88 Å². The van der Waals surface area contributed by atoms with Crippen molar-refractivity contribution in [3.05, 3.63) is 51.4 Å². The molecule has 1 aromatic rings. The van der Waals surface area contributed by atoms with Crippen LogP contribution >= 0.6 is 11.6 Å². The van der Waals surface area contributed by atoms with Crippen LogP contribution in [-0.2, 0) is 22.3 Å². The van der Waals surface area contributed by atoms with Gasteiger partial charge in [0.1, 0.15) is 6.04 Å². The molecule has 2 aliphatic carbocycles. The van der Waals surface area contributed by atoms with Gasteiger partial charge in [-0.3, -0.25) is 0 Å². The molecule has 30 heavy (non-hydrogen) atoms. The van der Waals surface area contributed by atoms with Gasteiger partial charge in [0.05, 0.1) is 6.61 Å². The molecule has 1 saturated carbocycles. The summed E-state index contributed by atoms with van der Waals surface area (Å²) >= 11 is 5.90. The summed E-state index contributed by atoms with van der Waals surface area (Å²) in [4.78, 5) is 23.6. The lowest BCUT2D eigenvalue weighted by Crippen LogP contribution is -2.63. The fourth-order valence-electron chi connectivity index (χ4n) is 5.04. The first-order valence-corrected chi connectivity index (χ1v) is 11.1. The van der Waals surface area contributed by atoms with E-state index in [1.807, 2.05) is 6.07 Å². The van der Waals surface area contributed by atoms with E-state index in [-0.39, 0.29) is 5.92 Å². The van der Waals surface area contributed by atoms with Crippen LogP contribution in [0.5, 0.6) is 0 Å². The summed E-state index contributed by atoms with van der Waals surface area (Å²) in [6, 6.07) is 6.88. The van der Waals surface area contributed by atoms with Crippen LogP contribution in [0.3, 0.4) is 0 Å². The summed E-state index contributed by atoms with van der Waals surface area (Å²) in [6.07, 6.45) is 4.32. The van der Waals surface area contributed by atoms with Crippen LogP contribution in [0.4, 0.5) is 4.79 Å². The largest absolute Gasteiger partial charge is 0.352 e. The Kier molecular flexibility index (Phi) is 6.41. The minimum absolute atomic E-state index is 0.264. The summed E-state index contributed by atoms with van der Waals surface area (Å²) in [6.45, 7) is 0.534. The summed E-state index contributed by atoms with van der Waals surface area (Å²) in [5.41, 5.74) is 9.18. The molecule has 0 radical (unpaired) electrons. The average Bonchev–Trinajstić information content (AvgIpc) is 2.74. The van der Waals surface area contributed by atoms with Crippen molar-refractivity contribution in [3.63, 3.8) is 0 Å². The summed E-state index contributed by atoms with van der Waals surface area (Å²) in [5, 5.41) is 6.04. The van der Waals surface area contributed by atoms with Crippen molar-refractivity contribution in [2.24, 2.45) is 16.8 Å². The van der Waals surface area contributed by atoms with Gasteiger partial charge in [-0.25, -0.2) is 4.79 Å². The molecule has 3 N–H and O–H groups in total. The average molecular weight is 434 g/mol. The highest BCUT2D eigenvalue weighted by molar-refractivity contribution is 6.17. The Morgan fingerprint density at radius 2 is 2.10 bits per heavy atom. The molecule has 8 heteroatoms. The third kappa shape index (κ3) is 4.24. The standard InChI is InChI=1S/C22H28ClN3O4/c23-9-6-14-5-8-22(25-21(24)27,19(11-14)26-28)30-20-18-13-16-4-2-1-3-15(16)12-17(18)7-10-29-20/h1-4,14,19-20H,5-13H2,(H3,24,25,27). The number of amides is 2. The second-order valence-electron chi connectivity index (χ2n) is 8.44. The van der Waals surface area contributed by atoms with Gasteiger partial charge in [-0.1, -0.05) is 35.0 Å². The summed E-state index contributed by atoms with van der Waals surface area (Å²) < 4.78 is 12.4. The van der Waals surface area contributed by atoms with Crippen LogP contribution < -0.4 is 11.1 Å². The Labute approximate surface area is 181 Å². The van der Waals surface area contributed by atoms with Gasteiger partial charge in [0.2, 0.25) is 0 Å². The van der Waals surface area contributed by atoms with Crippen molar-refractivity contribution in [2.45, 2.75) is 63.0 Å². The molecule has 0 spiro atoms. The van der Waals surface area contributed by atoms with Gasteiger partial charge in [-0.15, -0.1) is 11.6 Å². The molecule has 162 valence electrons. The maximum absolute atomic E-state index is 11.8. The van der Waals surface area contributed by atoms with Crippen molar-refractivity contribution in [3.8, 4) is 0 Å². The molecule has 4 unspecified atom stereocenters. The molecule has 0 aromatic heterocycles. The number of fused-ring (bicyclic) bond motifs is 1. The second kappa shape index (κ2) is 9.04. The molecular formula is C22H28ClN3O4. The minimum Gasteiger partial charge on any atom is -0.352 e. The maximum atomic E-state index is 11.8. The molecule has 4 atom stereocenters. The Morgan fingerprint density at radius 3 is 2.80 bits per heavy atom. The van der Waals surface area contributed by atoms with Crippen molar-refractivity contribution in [1.82, 2.24) is 5.32 Å². The van der Waals surface area contributed by atoms with E-state index >= 15 is 0 Å². The van der Waals surface area contributed by atoms with Gasteiger partial charge in [0.25, 0.3) is 0 Å². The molecule has 1 aliphatic heterocycles. The lowest BCUT2D eigenvalue weighted by Gasteiger charge is -2.46. The third-order valence-electron chi connectivity index (χ3n) is 6.63. The Bertz CT molecular complexity index is 845. The molecule has 3 aliphatic rings. The van der Waals surface area contributed by atoms with Crippen LogP contribution in [0.25, 0.3) is 0 Å². The number of hydrogen-bond donors (Lipinski definition) is 2. The Balaban J connectivity index is 1.60. The molecular weight excluding hydrogens is 406 g/mol. The monoisotopic (exact) mass is 433 g/mol. The third-order valence-corrected chi connectivity index (χ3v) is 6.85. The number of nitrogens with two attached hydrogens (primary N) is 1. The van der Waals surface area contributed by atoms with Gasteiger partial charge in [0.15, 0.2) is 12.0 Å². The van der Waals surface area contributed by atoms with E-state index in [9.17, 15) is 9.70 Å². The smallest absolute Gasteiger partial charge is 0.314 e. The summed E-state index contributed by atoms with van der Waals surface area (Å²) in [7, 11) is 0. The topological polar surface area (TPSA) is 103 Å². The number of ether oxygens (including phenoxy) is 2. The summed E-state index contributed by atoms with van der Waals surface area (Å²) in [5.74, 6) is 0.787. The Hall–Kier alpha value is -1.96. The zero-order valence-corrected chi connectivity index (χ0v) is 17.7. The van der Waals surface area contributed by atoms with E-state index < -0.39 is 24.1 Å². The first kappa shape index (κ1) is 21.3. The van der Waals surface area contributed by atoms with E-state index in [4.69, 9.17) is 26.8 Å². The lowest BCUT2D eigenvalue weighted by atomic mass is 9.78. The van der Waals surface area contributed by atoms with E-state index in [0.717, 1.165) is 37.7 Å². The number of nitrogens with one attached hydrogen (secondary N) is 1. The van der Waals surface area contributed by atoms with Gasteiger partial charge in [-0.2, -0.15) is 4.91 Å². The number of benzene rings is 1. The second-order valence-corrected chi connectivity index (χ2v) is 8.82. The van der Waals surface area contributed by atoms with Crippen LogP contribution in [0, 0.1) is 10.8 Å². The van der Waals surface area contributed by atoms with Gasteiger partial charge < -0.3 is 20.5 Å². The Morgan fingerprint density at radius 1 is 1.33 bits per heavy atom. The van der Waals surface area contributed by atoms with Crippen molar-refractivity contribution in [1.29, 1.82) is 0 Å². The SMILES string of the molecule is NC(=O)NC1(OC2OCCC3=C2Cc2ccccc2C3)CCC(CCCl)CC1N=O. The quantitative estimate of drug-likeness (QED) is 0.308. The fraction of sp³-hybridized carbons (Fsp3) is 0.591. The van der Waals surface area contributed by atoms with Crippen LogP contribution in [0.1, 0.15) is 43.2 Å². The van der Waals surface area contributed by atoms with E-state index in [0.29, 0.717) is 25.3 Å². The number of carbonyl (C=O) groups is 1. The van der Waals surface area contributed by atoms with Crippen molar-refractivity contribution < 1.29 is 14.3 Å². The number of urea groups is 1. The first-order chi connectivity index (χ1) is 14.5. The van der Waals surface area contributed by atoms with Crippen LogP contribution in [0.15, 0.2) is 40.6 Å². The predicted molar refractivity (Wildman–Crippen MR) is 114 cm³/mol. The lowest BCUT2D eigenvalue weighted by molar-refractivity contribution is -0.222. The van der Waals surface area contributed by atoms with Crippen LogP contribution in [0.2, 0.25) is 0 Å². The van der Waals surface area contributed by atoms with Gasteiger partial charge >= 0.3 is 6.03 Å².